The summed E-state index contributed by atoms with van der Waals surface area (Å²) in [5, 5.41) is 3.66. The molecule has 1 unspecified atom stereocenters. The van der Waals surface area contributed by atoms with Crippen LogP contribution >= 0.6 is 15.9 Å². The van der Waals surface area contributed by atoms with Gasteiger partial charge in [-0.05, 0) is 63.6 Å². The summed E-state index contributed by atoms with van der Waals surface area (Å²) in [6, 6.07) is 9.17. The van der Waals surface area contributed by atoms with E-state index in [2.05, 4.69) is 71.3 Å². The number of rotatable bonds is 9. The van der Waals surface area contributed by atoms with Crippen LogP contribution < -0.4 is 5.32 Å². The first-order valence-electron chi connectivity index (χ1n) is 7.34. The number of halogens is 1. The lowest BCUT2D eigenvalue weighted by Crippen LogP contribution is -2.28. The minimum Gasteiger partial charge on any atom is -0.310 e. The van der Waals surface area contributed by atoms with Crippen molar-refractivity contribution >= 4 is 15.9 Å². The largest absolute Gasteiger partial charge is 0.310 e. The van der Waals surface area contributed by atoms with Crippen LogP contribution in [0.4, 0.5) is 0 Å². The molecule has 19 heavy (non-hydrogen) atoms. The molecule has 108 valence electrons. The minimum atomic E-state index is 0.465. The van der Waals surface area contributed by atoms with Crippen molar-refractivity contribution in [1.82, 2.24) is 10.2 Å². The van der Waals surface area contributed by atoms with Gasteiger partial charge < -0.3 is 10.2 Å². The topological polar surface area (TPSA) is 15.3 Å². The molecule has 0 fully saturated rings. The molecule has 1 aromatic rings. The maximum absolute atomic E-state index is 3.66. The first-order chi connectivity index (χ1) is 9.17. The Balaban J connectivity index is 2.58. The first kappa shape index (κ1) is 16.7. The van der Waals surface area contributed by atoms with E-state index in [1.807, 2.05) is 0 Å². The molecule has 1 rings (SSSR count). The molecular formula is C16H27BrN2. The minimum absolute atomic E-state index is 0.465. The number of hydrogen-bond donors (Lipinski definition) is 1. The molecule has 1 atom stereocenters. The van der Waals surface area contributed by atoms with Crippen LogP contribution in [0.5, 0.6) is 0 Å². The predicted molar refractivity (Wildman–Crippen MR) is 87.6 cm³/mol. The lowest BCUT2D eigenvalue weighted by molar-refractivity contribution is 0.308. The van der Waals surface area contributed by atoms with Gasteiger partial charge in [0, 0.05) is 10.5 Å². The highest BCUT2D eigenvalue weighted by Gasteiger charge is 2.11. The summed E-state index contributed by atoms with van der Waals surface area (Å²) in [4.78, 5) is 2.42. The van der Waals surface area contributed by atoms with Crippen LogP contribution in [0.15, 0.2) is 28.7 Å². The standard InChI is InChI=1S/C16H27BrN2/c1-4-11-18-16(10-13-19(3)12-5-2)14-6-8-15(17)9-7-14/h6-9,16,18H,4-5,10-13H2,1-3H3. The summed E-state index contributed by atoms with van der Waals surface area (Å²) in [7, 11) is 2.21. The Morgan fingerprint density at radius 1 is 1.11 bits per heavy atom. The SMILES string of the molecule is CCCNC(CCN(C)CCC)c1ccc(Br)cc1. The second kappa shape index (κ2) is 9.51. The van der Waals surface area contributed by atoms with E-state index in [0.29, 0.717) is 6.04 Å². The van der Waals surface area contributed by atoms with Crippen molar-refractivity contribution in [2.45, 2.75) is 39.2 Å². The summed E-state index contributed by atoms with van der Waals surface area (Å²) in [5.74, 6) is 0. The molecule has 0 amide bonds. The van der Waals surface area contributed by atoms with E-state index in [9.17, 15) is 0 Å². The summed E-state index contributed by atoms with van der Waals surface area (Å²) in [6.07, 6.45) is 3.57. The molecule has 1 aromatic carbocycles. The van der Waals surface area contributed by atoms with Crippen LogP contribution in [0.2, 0.25) is 0 Å². The Hall–Kier alpha value is -0.380. The Kier molecular flexibility index (Phi) is 8.35. The van der Waals surface area contributed by atoms with Crippen LogP contribution in [-0.4, -0.2) is 31.6 Å². The first-order valence-corrected chi connectivity index (χ1v) is 8.14. The highest BCUT2D eigenvalue weighted by molar-refractivity contribution is 9.10. The van der Waals surface area contributed by atoms with Gasteiger partial charge in [-0.3, -0.25) is 0 Å². The Morgan fingerprint density at radius 3 is 2.37 bits per heavy atom. The van der Waals surface area contributed by atoms with Gasteiger partial charge in [0.25, 0.3) is 0 Å². The fraction of sp³-hybridized carbons (Fsp3) is 0.625. The van der Waals surface area contributed by atoms with Crippen LogP contribution in [0.1, 0.15) is 44.7 Å². The second-order valence-corrected chi connectivity index (χ2v) is 6.07. The van der Waals surface area contributed by atoms with Gasteiger partial charge in [-0.15, -0.1) is 0 Å². The Bertz CT molecular complexity index is 337. The molecule has 1 N–H and O–H groups in total. The molecule has 0 aromatic heterocycles. The second-order valence-electron chi connectivity index (χ2n) is 5.15. The highest BCUT2D eigenvalue weighted by Crippen LogP contribution is 2.20. The van der Waals surface area contributed by atoms with E-state index >= 15 is 0 Å². The number of benzene rings is 1. The molecular weight excluding hydrogens is 300 g/mol. The molecule has 2 nitrogen and oxygen atoms in total. The van der Waals surface area contributed by atoms with Crippen molar-refractivity contribution in [2.75, 3.05) is 26.7 Å². The van der Waals surface area contributed by atoms with Crippen LogP contribution in [0.3, 0.4) is 0 Å². The van der Waals surface area contributed by atoms with Crippen molar-refractivity contribution in [3.8, 4) is 0 Å². The molecule has 0 saturated heterocycles. The monoisotopic (exact) mass is 326 g/mol. The average molecular weight is 327 g/mol. The third kappa shape index (κ3) is 6.55. The zero-order chi connectivity index (χ0) is 14.1. The molecule has 0 aliphatic rings. The molecule has 3 heteroatoms. The Morgan fingerprint density at radius 2 is 1.79 bits per heavy atom. The molecule has 0 radical (unpaired) electrons. The maximum Gasteiger partial charge on any atom is 0.0332 e. The average Bonchev–Trinajstić information content (AvgIpc) is 2.40. The fourth-order valence-electron chi connectivity index (χ4n) is 2.24. The predicted octanol–water partition coefficient (Wildman–Crippen LogP) is 4.22. The van der Waals surface area contributed by atoms with E-state index in [4.69, 9.17) is 0 Å². The van der Waals surface area contributed by atoms with Crippen molar-refractivity contribution in [2.24, 2.45) is 0 Å². The third-order valence-corrected chi connectivity index (χ3v) is 3.85. The van der Waals surface area contributed by atoms with Crippen molar-refractivity contribution in [1.29, 1.82) is 0 Å². The van der Waals surface area contributed by atoms with Gasteiger partial charge in [0.1, 0.15) is 0 Å². The van der Waals surface area contributed by atoms with E-state index in [1.54, 1.807) is 0 Å². The number of hydrogen-bond acceptors (Lipinski definition) is 2. The van der Waals surface area contributed by atoms with Crippen LogP contribution in [0, 0.1) is 0 Å². The van der Waals surface area contributed by atoms with Crippen molar-refractivity contribution in [3.63, 3.8) is 0 Å². The van der Waals surface area contributed by atoms with Crippen molar-refractivity contribution < 1.29 is 0 Å². The van der Waals surface area contributed by atoms with Crippen LogP contribution in [0.25, 0.3) is 0 Å². The number of nitrogens with zero attached hydrogens (tertiary/aromatic N) is 1. The van der Waals surface area contributed by atoms with Gasteiger partial charge in [-0.2, -0.15) is 0 Å². The molecule has 0 aliphatic carbocycles. The molecule has 0 bridgehead atoms. The third-order valence-electron chi connectivity index (χ3n) is 3.32. The zero-order valence-corrected chi connectivity index (χ0v) is 14.0. The lowest BCUT2D eigenvalue weighted by atomic mass is 10.0. The van der Waals surface area contributed by atoms with Gasteiger partial charge >= 0.3 is 0 Å². The molecule has 0 spiro atoms. The molecule has 0 heterocycles. The summed E-state index contributed by atoms with van der Waals surface area (Å²) in [5.41, 5.74) is 1.39. The van der Waals surface area contributed by atoms with Gasteiger partial charge in [-0.1, -0.05) is 41.9 Å². The van der Waals surface area contributed by atoms with E-state index in [-0.39, 0.29) is 0 Å². The fourth-order valence-corrected chi connectivity index (χ4v) is 2.51. The van der Waals surface area contributed by atoms with Gasteiger partial charge in [0.05, 0.1) is 0 Å². The maximum atomic E-state index is 3.66. The zero-order valence-electron chi connectivity index (χ0n) is 12.5. The van der Waals surface area contributed by atoms with Gasteiger partial charge in [-0.25, -0.2) is 0 Å². The molecule has 0 saturated carbocycles. The van der Waals surface area contributed by atoms with Gasteiger partial charge in [0.15, 0.2) is 0 Å². The number of nitrogens with one attached hydrogen (secondary N) is 1. The summed E-state index contributed by atoms with van der Waals surface area (Å²) in [6.45, 7) is 7.86. The summed E-state index contributed by atoms with van der Waals surface area (Å²) < 4.78 is 1.15. The lowest BCUT2D eigenvalue weighted by Gasteiger charge is -2.23. The van der Waals surface area contributed by atoms with Crippen LogP contribution in [-0.2, 0) is 0 Å². The smallest absolute Gasteiger partial charge is 0.0332 e. The normalized spacial score (nSPS) is 12.9. The summed E-state index contributed by atoms with van der Waals surface area (Å²) >= 11 is 3.50. The van der Waals surface area contributed by atoms with E-state index in [0.717, 1.165) is 24.0 Å². The molecule has 0 aliphatic heterocycles. The van der Waals surface area contributed by atoms with E-state index < -0.39 is 0 Å². The van der Waals surface area contributed by atoms with Gasteiger partial charge in [0.2, 0.25) is 0 Å². The highest BCUT2D eigenvalue weighted by atomic mass is 79.9. The van der Waals surface area contributed by atoms with E-state index in [1.165, 1.54) is 24.9 Å². The van der Waals surface area contributed by atoms with Crippen molar-refractivity contribution in [3.05, 3.63) is 34.3 Å². The Labute approximate surface area is 126 Å². The quantitative estimate of drug-likeness (QED) is 0.730.